The molecule has 0 spiro atoms. The second-order valence-electron chi connectivity index (χ2n) is 4.36. The SMILES string of the molecule is CCCCC(C)NCC(O)(CC)CC. The minimum absolute atomic E-state index is 0.500. The molecule has 2 nitrogen and oxygen atoms in total. The third kappa shape index (κ3) is 5.61. The highest BCUT2D eigenvalue weighted by Gasteiger charge is 2.21. The van der Waals surface area contributed by atoms with E-state index >= 15 is 0 Å². The smallest absolute Gasteiger partial charge is 0.0766 e. The molecule has 0 rings (SSSR count). The first-order chi connectivity index (χ1) is 6.58. The Balaban J connectivity index is 3.68. The number of unbranched alkanes of at least 4 members (excludes halogenated alkanes) is 1. The molecule has 0 aromatic heterocycles. The first-order valence-corrected chi connectivity index (χ1v) is 6.03. The summed E-state index contributed by atoms with van der Waals surface area (Å²) in [5.74, 6) is 0. The zero-order valence-corrected chi connectivity index (χ0v) is 10.3. The summed E-state index contributed by atoms with van der Waals surface area (Å²) in [7, 11) is 0. The zero-order valence-electron chi connectivity index (χ0n) is 10.3. The summed E-state index contributed by atoms with van der Waals surface area (Å²) in [6.45, 7) is 9.22. The van der Waals surface area contributed by atoms with E-state index in [1.165, 1.54) is 19.3 Å². The summed E-state index contributed by atoms with van der Waals surface area (Å²) in [4.78, 5) is 0. The second kappa shape index (κ2) is 7.24. The number of aliphatic hydroxyl groups is 1. The van der Waals surface area contributed by atoms with Crippen LogP contribution >= 0.6 is 0 Å². The van der Waals surface area contributed by atoms with Crippen molar-refractivity contribution in [1.82, 2.24) is 5.32 Å². The van der Waals surface area contributed by atoms with Crippen LogP contribution in [0, 0.1) is 0 Å². The van der Waals surface area contributed by atoms with Gasteiger partial charge in [-0.15, -0.1) is 0 Å². The molecule has 0 aromatic rings. The summed E-state index contributed by atoms with van der Waals surface area (Å²) in [6.07, 6.45) is 5.39. The van der Waals surface area contributed by atoms with Crippen LogP contribution in [-0.2, 0) is 0 Å². The first kappa shape index (κ1) is 13.9. The van der Waals surface area contributed by atoms with E-state index in [0.717, 1.165) is 19.4 Å². The van der Waals surface area contributed by atoms with E-state index in [9.17, 15) is 5.11 Å². The van der Waals surface area contributed by atoms with Gasteiger partial charge in [-0.2, -0.15) is 0 Å². The van der Waals surface area contributed by atoms with Crippen LogP contribution in [0.2, 0.25) is 0 Å². The van der Waals surface area contributed by atoms with Gasteiger partial charge in [-0.25, -0.2) is 0 Å². The van der Waals surface area contributed by atoms with Gasteiger partial charge in [0.05, 0.1) is 5.60 Å². The Labute approximate surface area is 89.1 Å². The number of hydrogen-bond donors (Lipinski definition) is 2. The van der Waals surface area contributed by atoms with Crippen molar-refractivity contribution in [3.8, 4) is 0 Å². The van der Waals surface area contributed by atoms with Crippen LogP contribution in [-0.4, -0.2) is 23.3 Å². The molecule has 0 radical (unpaired) electrons. The molecule has 86 valence electrons. The van der Waals surface area contributed by atoms with Crippen LogP contribution in [0.4, 0.5) is 0 Å². The van der Waals surface area contributed by atoms with Crippen molar-refractivity contribution in [2.24, 2.45) is 0 Å². The average Bonchev–Trinajstić information content (AvgIpc) is 2.23. The van der Waals surface area contributed by atoms with Gasteiger partial charge in [0, 0.05) is 12.6 Å². The quantitative estimate of drug-likeness (QED) is 0.633. The lowest BCUT2D eigenvalue weighted by Gasteiger charge is -2.27. The van der Waals surface area contributed by atoms with Gasteiger partial charge in [0.1, 0.15) is 0 Å². The molecule has 0 aromatic carbocycles. The second-order valence-corrected chi connectivity index (χ2v) is 4.36. The fourth-order valence-corrected chi connectivity index (χ4v) is 1.48. The van der Waals surface area contributed by atoms with E-state index in [1.807, 2.05) is 13.8 Å². The van der Waals surface area contributed by atoms with E-state index in [-0.39, 0.29) is 0 Å². The van der Waals surface area contributed by atoms with Crippen molar-refractivity contribution in [3.63, 3.8) is 0 Å². The highest BCUT2D eigenvalue weighted by molar-refractivity contribution is 4.79. The Morgan fingerprint density at radius 1 is 1.21 bits per heavy atom. The minimum Gasteiger partial charge on any atom is -0.389 e. The topological polar surface area (TPSA) is 32.3 Å². The van der Waals surface area contributed by atoms with Gasteiger partial charge in [-0.3, -0.25) is 0 Å². The molecule has 0 saturated carbocycles. The highest BCUT2D eigenvalue weighted by Crippen LogP contribution is 2.13. The maximum atomic E-state index is 10.0. The third-order valence-corrected chi connectivity index (χ3v) is 3.09. The summed E-state index contributed by atoms with van der Waals surface area (Å²) >= 11 is 0. The Morgan fingerprint density at radius 3 is 2.21 bits per heavy atom. The van der Waals surface area contributed by atoms with Gasteiger partial charge in [0.25, 0.3) is 0 Å². The molecule has 1 atom stereocenters. The van der Waals surface area contributed by atoms with Crippen LogP contribution < -0.4 is 5.32 Å². The van der Waals surface area contributed by atoms with Crippen molar-refractivity contribution in [3.05, 3.63) is 0 Å². The molecule has 14 heavy (non-hydrogen) atoms. The lowest BCUT2D eigenvalue weighted by Crippen LogP contribution is -2.42. The van der Waals surface area contributed by atoms with Crippen LogP contribution in [0.3, 0.4) is 0 Å². The molecule has 0 fully saturated rings. The molecule has 0 bridgehead atoms. The van der Waals surface area contributed by atoms with E-state index in [0.29, 0.717) is 6.04 Å². The van der Waals surface area contributed by atoms with Crippen molar-refractivity contribution in [2.75, 3.05) is 6.54 Å². The maximum absolute atomic E-state index is 10.0. The maximum Gasteiger partial charge on any atom is 0.0766 e. The van der Waals surface area contributed by atoms with E-state index in [2.05, 4.69) is 19.2 Å². The summed E-state index contributed by atoms with van der Waals surface area (Å²) in [6, 6.07) is 0.527. The summed E-state index contributed by atoms with van der Waals surface area (Å²) in [5, 5.41) is 13.5. The monoisotopic (exact) mass is 201 g/mol. The van der Waals surface area contributed by atoms with Crippen molar-refractivity contribution >= 4 is 0 Å². The lowest BCUT2D eigenvalue weighted by molar-refractivity contribution is 0.0301. The largest absolute Gasteiger partial charge is 0.389 e. The molecular weight excluding hydrogens is 174 g/mol. The molecule has 2 N–H and O–H groups in total. The Kier molecular flexibility index (Phi) is 7.20. The molecule has 0 aliphatic heterocycles. The fourth-order valence-electron chi connectivity index (χ4n) is 1.48. The van der Waals surface area contributed by atoms with Crippen LogP contribution in [0.5, 0.6) is 0 Å². The van der Waals surface area contributed by atoms with Crippen molar-refractivity contribution in [1.29, 1.82) is 0 Å². The molecular formula is C12H27NO. The van der Waals surface area contributed by atoms with Gasteiger partial charge in [0.2, 0.25) is 0 Å². The molecule has 0 amide bonds. The van der Waals surface area contributed by atoms with E-state index < -0.39 is 5.60 Å². The van der Waals surface area contributed by atoms with Crippen LogP contribution in [0.15, 0.2) is 0 Å². The standard InChI is InChI=1S/C12H27NO/c1-5-8-9-11(4)13-10-12(14,6-2)7-3/h11,13-14H,5-10H2,1-4H3. The lowest BCUT2D eigenvalue weighted by atomic mass is 9.97. The first-order valence-electron chi connectivity index (χ1n) is 6.03. The van der Waals surface area contributed by atoms with Gasteiger partial charge in [-0.1, -0.05) is 33.6 Å². The fraction of sp³-hybridized carbons (Fsp3) is 1.00. The van der Waals surface area contributed by atoms with Gasteiger partial charge < -0.3 is 10.4 Å². The van der Waals surface area contributed by atoms with Crippen LogP contribution in [0.25, 0.3) is 0 Å². The molecule has 2 heteroatoms. The minimum atomic E-state index is -0.500. The number of nitrogens with one attached hydrogen (secondary N) is 1. The summed E-state index contributed by atoms with van der Waals surface area (Å²) < 4.78 is 0. The molecule has 0 heterocycles. The molecule has 0 aliphatic rings. The van der Waals surface area contributed by atoms with Gasteiger partial charge in [-0.05, 0) is 26.2 Å². The Morgan fingerprint density at radius 2 is 1.79 bits per heavy atom. The Bertz CT molecular complexity index is 132. The Hall–Kier alpha value is -0.0800. The average molecular weight is 201 g/mol. The van der Waals surface area contributed by atoms with Crippen LogP contribution in [0.1, 0.15) is 59.8 Å². The van der Waals surface area contributed by atoms with Gasteiger partial charge >= 0.3 is 0 Å². The molecule has 0 saturated heterocycles. The third-order valence-electron chi connectivity index (χ3n) is 3.09. The predicted octanol–water partition coefficient (Wildman–Crippen LogP) is 2.71. The number of rotatable bonds is 8. The van der Waals surface area contributed by atoms with E-state index in [1.54, 1.807) is 0 Å². The van der Waals surface area contributed by atoms with Crippen molar-refractivity contribution in [2.45, 2.75) is 71.4 Å². The normalized spacial score (nSPS) is 14.4. The summed E-state index contributed by atoms with van der Waals surface area (Å²) in [5.41, 5.74) is -0.500. The number of hydrogen-bond acceptors (Lipinski definition) is 2. The van der Waals surface area contributed by atoms with E-state index in [4.69, 9.17) is 0 Å². The predicted molar refractivity (Wildman–Crippen MR) is 62.5 cm³/mol. The van der Waals surface area contributed by atoms with Gasteiger partial charge in [0.15, 0.2) is 0 Å². The highest BCUT2D eigenvalue weighted by atomic mass is 16.3. The van der Waals surface area contributed by atoms with Crippen molar-refractivity contribution < 1.29 is 5.11 Å². The molecule has 1 unspecified atom stereocenters. The zero-order chi connectivity index (χ0) is 11.0. The molecule has 0 aliphatic carbocycles.